The third-order valence-corrected chi connectivity index (χ3v) is 6.18. The van der Waals surface area contributed by atoms with Gasteiger partial charge >= 0.3 is 0 Å². The van der Waals surface area contributed by atoms with E-state index in [9.17, 15) is 4.79 Å². The first kappa shape index (κ1) is 18.1. The SMILES string of the molecule is Cc1cccc(C)c1-c1nc(C)c(C(=O)N2CCN(C(C)C)CC2)s1. The summed E-state index contributed by atoms with van der Waals surface area (Å²) in [6.07, 6.45) is 0. The molecule has 1 aromatic carbocycles. The molecule has 1 aliphatic rings. The lowest BCUT2D eigenvalue weighted by atomic mass is 10.0. The Bertz CT molecular complexity index is 753. The molecule has 134 valence electrons. The number of aryl methyl sites for hydroxylation is 3. The third kappa shape index (κ3) is 3.62. The maximum Gasteiger partial charge on any atom is 0.265 e. The summed E-state index contributed by atoms with van der Waals surface area (Å²) in [6, 6.07) is 6.81. The highest BCUT2D eigenvalue weighted by Crippen LogP contribution is 2.33. The number of hydrogen-bond acceptors (Lipinski definition) is 4. The second-order valence-electron chi connectivity index (χ2n) is 7.12. The van der Waals surface area contributed by atoms with Gasteiger partial charge in [0.2, 0.25) is 0 Å². The zero-order chi connectivity index (χ0) is 18.1. The molecule has 0 spiro atoms. The second-order valence-corrected chi connectivity index (χ2v) is 8.12. The van der Waals surface area contributed by atoms with Gasteiger partial charge in [-0.2, -0.15) is 0 Å². The molecule has 5 heteroatoms. The largest absolute Gasteiger partial charge is 0.335 e. The fourth-order valence-corrected chi connectivity index (χ4v) is 4.65. The normalized spacial score (nSPS) is 15.8. The minimum atomic E-state index is 0.135. The van der Waals surface area contributed by atoms with Gasteiger partial charge in [0.1, 0.15) is 9.88 Å². The number of rotatable bonds is 3. The van der Waals surface area contributed by atoms with Gasteiger partial charge in [0, 0.05) is 37.8 Å². The van der Waals surface area contributed by atoms with Crippen LogP contribution in [-0.4, -0.2) is 52.9 Å². The molecule has 25 heavy (non-hydrogen) atoms. The molecule has 4 nitrogen and oxygen atoms in total. The van der Waals surface area contributed by atoms with Crippen LogP contribution in [0.3, 0.4) is 0 Å². The lowest BCUT2D eigenvalue weighted by Gasteiger charge is -2.36. The molecule has 1 aromatic heterocycles. The van der Waals surface area contributed by atoms with E-state index in [-0.39, 0.29) is 5.91 Å². The van der Waals surface area contributed by atoms with Crippen molar-refractivity contribution in [2.75, 3.05) is 26.2 Å². The molecule has 0 bridgehead atoms. The smallest absolute Gasteiger partial charge is 0.265 e. The number of carbonyl (C=O) groups is 1. The molecule has 1 aliphatic heterocycles. The molecule has 3 rings (SSSR count). The number of benzene rings is 1. The van der Waals surface area contributed by atoms with Crippen molar-refractivity contribution in [1.82, 2.24) is 14.8 Å². The van der Waals surface area contributed by atoms with Gasteiger partial charge in [-0.05, 0) is 45.7 Å². The number of hydrogen-bond donors (Lipinski definition) is 0. The number of amides is 1. The van der Waals surface area contributed by atoms with Crippen LogP contribution in [0.4, 0.5) is 0 Å². The minimum Gasteiger partial charge on any atom is -0.335 e. The van der Waals surface area contributed by atoms with Gasteiger partial charge in [-0.25, -0.2) is 4.98 Å². The molecule has 1 saturated heterocycles. The Morgan fingerprint density at radius 3 is 2.24 bits per heavy atom. The van der Waals surface area contributed by atoms with Crippen molar-refractivity contribution < 1.29 is 4.79 Å². The van der Waals surface area contributed by atoms with Crippen molar-refractivity contribution in [2.45, 2.75) is 40.7 Å². The topological polar surface area (TPSA) is 36.4 Å². The molecule has 0 radical (unpaired) electrons. The molecular formula is C20H27N3OS. The van der Waals surface area contributed by atoms with Crippen molar-refractivity contribution in [3.05, 3.63) is 39.9 Å². The minimum absolute atomic E-state index is 0.135. The van der Waals surface area contributed by atoms with Crippen molar-refractivity contribution in [2.24, 2.45) is 0 Å². The summed E-state index contributed by atoms with van der Waals surface area (Å²) in [5.74, 6) is 0.135. The van der Waals surface area contributed by atoms with Gasteiger partial charge < -0.3 is 4.90 Å². The molecule has 0 unspecified atom stereocenters. The van der Waals surface area contributed by atoms with E-state index in [0.717, 1.165) is 41.8 Å². The summed E-state index contributed by atoms with van der Waals surface area (Å²) < 4.78 is 0. The van der Waals surface area contributed by atoms with E-state index in [1.807, 2.05) is 11.8 Å². The lowest BCUT2D eigenvalue weighted by molar-refractivity contribution is 0.0599. The highest BCUT2D eigenvalue weighted by atomic mass is 32.1. The van der Waals surface area contributed by atoms with Gasteiger partial charge in [-0.1, -0.05) is 18.2 Å². The second kappa shape index (κ2) is 7.26. The number of piperazine rings is 1. The van der Waals surface area contributed by atoms with Crippen LogP contribution >= 0.6 is 11.3 Å². The van der Waals surface area contributed by atoms with Crippen LogP contribution in [0.15, 0.2) is 18.2 Å². The molecule has 1 fully saturated rings. The Morgan fingerprint density at radius 2 is 1.68 bits per heavy atom. The Kier molecular flexibility index (Phi) is 5.25. The van der Waals surface area contributed by atoms with Gasteiger partial charge in [-0.15, -0.1) is 11.3 Å². The van der Waals surface area contributed by atoms with E-state index >= 15 is 0 Å². The van der Waals surface area contributed by atoms with Gasteiger partial charge in [0.05, 0.1) is 5.69 Å². The van der Waals surface area contributed by atoms with E-state index in [1.165, 1.54) is 28.0 Å². The fourth-order valence-electron chi connectivity index (χ4n) is 3.44. The first-order chi connectivity index (χ1) is 11.9. The summed E-state index contributed by atoms with van der Waals surface area (Å²) in [4.78, 5) is 22.9. The Balaban J connectivity index is 1.82. The van der Waals surface area contributed by atoms with Crippen LogP contribution in [0.1, 0.15) is 40.3 Å². The van der Waals surface area contributed by atoms with Crippen molar-refractivity contribution in [3.8, 4) is 10.6 Å². The Labute approximate surface area is 154 Å². The quantitative estimate of drug-likeness (QED) is 0.836. The van der Waals surface area contributed by atoms with Crippen LogP contribution in [0.5, 0.6) is 0 Å². The Hall–Kier alpha value is -1.72. The maximum absolute atomic E-state index is 13.0. The van der Waals surface area contributed by atoms with Crippen LogP contribution < -0.4 is 0 Å². The zero-order valence-electron chi connectivity index (χ0n) is 15.8. The van der Waals surface area contributed by atoms with Crippen LogP contribution in [0.25, 0.3) is 10.6 Å². The number of aromatic nitrogens is 1. The van der Waals surface area contributed by atoms with E-state index in [2.05, 4.69) is 50.8 Å². The summed E-state index contributed by atoms with van der Waals surface area (Å²) in [5.41, 5.74) is 4.43. The van der Waals surface area contributed by atoms with Crippen molar-refractivity contribution >= 4 is 17.2 Å². The van der Waals surface area contributed by atoms with Gasteiger partial charge in [-0.3, -0.25) is 9.69 Å². The molecule has 2 aromatic rings. The average molecular weight is 358 g/mol. The summed E-state index contributed by atoms with van der Waals surface area (Å²) >= 11 is 1.53. The maximum atomic E-state index is 13.0. The van der Waals surface area contributed by atoms with Gasteiger partial charge in [0.15, 0.2) is 0 Å². The molecule has 0 N–H and O–H groups in total. The first-order valence-electron chi connectivity index (χ1n) is 8.96. The molecule has 0 saturated carbocycles. The highest BCUT2D eigenvalue weighted by Gasteiger charge is 2.26. The fraction of sp³-hybridized carbons (Fsp3) is 0.500. The van der Waals surface area contributed by atoms with Gasteiger partial charge in [0.25, 0.3) is 5.91 Å². The zero-order valence-corrected chi connectivity index (χ0v) is 16.6. The van der Waals surface area contributed by atoms with Crippen molar-refractivity contribution in [1.29, 1.82) is 0 Å². The highest BCUT2D eigenvalue weighted by molar-refractivity contribution is 7.17. The summed E-state index contributed by atoms with van der Waals surface area (Å²) in [6.45, 7) is 14.1. The van der Waals surface area contributed by atoms with Crippen LogP contribution in [0.2, 0.25) is 0 Å². The number of nitrogens with zero attached hydrogens (tertiary/aromatic N) is 3. The average Bonchev–Trinajstić information content (AvgIpc) is 2.95. The predicted molar refractivity (Wildman–Crippen MR) is 104 cm³/mol. The van der Waals surface area contributed by atoms with E-state index in [1.54, 1.807) is 0 Å². The third-order valence-electron chi connectivity index (χ3n) is 5.02. The van der Waals surface area contributed by atoms with Crippen LogP contribution in [0, 0.1) is 20.8 Å². The van der Waals surface area contributed by atoms with E-state index in [4.69, 9.17) is 4.98 Å². The standard InChI is InChI=1S/C20H27N3OS/c1-13(2)22-9-11-23(12-10-22)20(24)18-16(5)21-19(25-18)17-14(3)7-6-8-15(17)4/h6-8,13H,9-12H2,1-5H3. The molecular weight excluding hydrogens is 330 g/mol. The molecule has 1 amide bonds. The monoisotopic (exact) mass is 357 g/mol. The molecule has 0 atom stereocenters. The van der Waals surface area contributed by atoms with E-state index in [0.29, 0.717) is 6.04 Å². The number of thiazole rings is 1. The molecule has 0 aliphatic carbocycles. The summed E-state index contributed by atoms with van der Waals surface area (Å²) in [7, 11) is 0. The predicted octanol–water partition coefficient (Wildman–Crippen LogP) is 3.90. The lowest BCUT2D eigenvalue weighted by Crippen LogP contribution is -2.50. The van der Waals surface area contributed by atoms with Crippen molar-refractivity contribution in [3.63, 3.8) is 0 Å². The molecule has 2 heterocycles. The number of carbonyl (C=O) groups excluding carboxylic acids is 1. The van der Waals surface area contributed by atoms with E-state index < -0.39 is 0 Å². The Morgan fingerprint density at radius 1 is 1.08 bits per heavy atom. The first-order valence-corrected chi connectivity index (χ1v) is 9.77. The van der Waals surface area contributed by atoms with Crippen LogP contribution in [-0.2, 0) is 0 Å². The summed E-state index contributed by atoms with van der Waals surface area (Å²) in [5, 5.41) is 0.956.